The van der Waals surface area contributed by atoms with Crippen molar-refractivity contribution in [2.75, 3.05) is 13.1 Å². The predicted octanol–water partition coefficient (Wildman–Crippen LogP) is 3.87. The summed E-state index contributed by atoms with van der Waals surface area (Å²) in [5.41, 5.74) is 3.61. The average Bonchev–Trinajstić information content (AvgIpc) is 2.97. The molecule has 0 aliphatic carbocycles. The zero-order valence-corrected chi connectivity index (χ0v) is 12.6. The van der Waals surface area contributed by atoms with Gasteiger partial charge in [0.15, 0.2) is 0 Å². The van der Waals surface area contributed by atoms with Crippen molar-refractivity contribution >= 4 is 0 Å². The maximum absolute atomic E-state index is 10.5. The number of β-amino-alcohol motifs (C(OH)–C–C–N with tert-alkyl or cyclic N) is 1. The third kappa shape index (κ3) is 3.34. The second-order valence-electron chi connectivity index (χ2n) is 5.99. The van der Waals surface area contributed by atoms with Gasteiger partial charge in [0.05, 0.1) is 6.10 Å². The van der Waals surface area contributed by atoms with E-state index in [0.717, 1.165) is 12.1 Å². The first kappa shape index (κ1) is 14.3. The van der Waals surface area contributed by atoms with Crippen molar-refractivity contribution in [2.45, 2.75) is 31.9 Å². The quantitative estimate of drug-likeness (QED) is 0.919. The van der Waals surface area contributed by atoms with E-state index in [4.69, 9.17) is 0 Å². The highest BCUT2D eigenvalue weighted by molar-refractivity contribution is 5.24. The van der Waals surface area contributed by atoms with E-state index in [0.29, 0.717) is 12.6 Å². The smallest absolute Gasteiger partial charge is 0.0917 e. The number of aliphatic hydroxyl groups excluding tert-OH is 1. The lowest BCUT2D eigenvalue weighted by Crippen LogP contribution is -2.28. The van der Waals surface area contributed by atoms with E-state index in [9.17, 15) is 5.11 Å². The Bertz CT molecular complexity index is 564. The van der Waals surface area contributed by atoms with Crippen LogP contribution in [0.25, 0.3) is 0 Å². The van der Waals surface area contributed by atoms with Gasteiger partial charge < -0.3 is 5.11 Å². The van der Waals surface area contributed by atoms with Crippen LogP contribution in [0, 0.1) is 6.92 Å². The molecule has 1 fully saturated rings. The standard InChI is InChI=1S/C19H23NO/c1-15-9-11-17(12-10-15)19(21)14-20-13-5-8-18(20)16-6-3-2-4-7-16/h2-4,6-7,9-12,18-19,21H,5,8,13-14H2,1H3. The van der Waals surface area contributed by atoms with Gasteiger partial charge in [0.1, 0.15) is 0 Å². The fourth-order valence-corrected chi connectivity index (χ4v) is 3.21. The molecule has 0 amide bonds. The van der Waals surface area contributed by atoms with E-state index >= 15 is 0 Å². The Balaban J connectivity index is 1.70. The van der Waals surface area contributed by atoms with E-state index in [1.54, 1.807) is 0 Å². The number of rotatable bonds is 4. The third-order valence-electron chi connectivity index (χ3n) is 4.42. The van der Waals surface area contributed by atoms with Gasteiger partial charge in [-0.05, 0) is 37.4 Å². The van der Waals surface area contributed by atoms with Crippen molar-refractivity contribution in [1.82, 2.24) is 4.90 Å². The van der Waals surface area contributed by atoms with Crippen molar-refractivity contribution in [3.63, 3.8) is 0 Å². The summed E-state index contributed by atoms with van der Waals surface area (Å²) in [6.45, 7) is 3.85. The number of hydrogen-bond donors (Lipinski definition) is 1. The van der Waals surface area contributed by atoms with Crippen LogP contribution in [0.3, 0.4) is 0 Å². The minimum atomic E-state index is -0.407. The Morgan fingerprint density at radius 2 is 1.81 bits per heavy atom. The van der Waals surface area contributed by atoms with Crippen LogP contribution in [0.1, 0.15) is 41.7 Å². The summed E-state index contributed by atoms with van der Waals surface area (Å²) < 4.78 is 0. The maximum atomic E-state index is 10.5. The molecule has 1 aliphatic heterocycles. The van der Waals surface area contributed by atoms with Crippen molar-refractivity contribution in [2.24, 2.45) is 0 Å². The molecule has 1 saturated heterocycles. The second kappa shape index (κ2) is 6.42. The molecule has 0 saturated carbocycles. The molecule has 2 nitrogen and oxygen atoms in total. The van der Waals surface area contributed by atoms with Gasteiger partial charge >= 0.3 is 0 Å². The lowest BCUT2D eigenvalue weighted by atomic mass is 10.0. The summed E-state index contributed by atoms with van der Waals surface area (Å²) in [6, 6.07) is 19.3. The van der Waals surface area contributed by atoms with Gasteiger partial charge in [-0.2, -0.15) is 0 Å². The Morgan fingerprint density at radius 3 is 2.52 bits per heavy atom. The van der Waals surface area contributed by atoms with E-state index in [2.05, 4.69) is 54.3 Å². The van der Waals surface area contributed by atoms with Crippen molar-refractivity contribution in [3.8, 4) is 0 Å². The SMILES string of the molecule is Cc1ccc(C(O)CN2CCCC2c2ccccc2)cc1. The monoisotopic (exact) mass is 281 g/mol. The molecule has 1 aliphatic rings. The van der Waals surface area contributed by atoms with Crippen LogP contribution >= 0.6 is 0 Å². The lowest BCUT2D eigenvalue weighted by Gasteiger charge is -2.27. The highest BCUT2D eigenvalue weighted by Gasteiger charge is 2.27. The number of hydrogen-bond acceptors (Lipinski definition) is 2. The van der Waals surface area contributed by atoms with Gasteiger partial charge in [0.25, 0.3) is 0 Å². The molecule has 2 unspecified atom stereocenters. The molecule has 0 radical (unpaired) electrons. The van der Waals surface area contributed by atoms with E-state index in [1.807, 2.05) is 12.1 Å². The molecule has 0 spiro atoms. The summed E-state index contributed by atoms with van der Waals surface area (Å²) in [6.07, 6.45) is 1.99. The highest BCUT2D eigenvalue weighted by atomic mass is 16.3. The third-order valence-corrected chi connectivity index (χ3v) is 4.42. The fraction of sp³-hybridized carbons (Fsp3) is 0.368. The molecule has 2 aromatic carbocycles. The summed E-state index contributed by atoms with van der Waals surface area (Å²) in [7, 11) is 0. The van der Waals surface area contributed by atoms with E-state index < -0.39 is 6.10 Å². The van der Waals surface area contributed by atoms with E-state index in [-0.39, 0.29) is 0 Å². The molecule has 21 heavy (non-hydrogen) atoms. The predicted molar refractivity (Wildman–Crippen MR) is 86.1 cm³/mol. The minimum Gasteiger partial charge on any atom is -0.387 e. The number of likely N-dealkylation sites (tertiary alicyclic amines) is 1. The molecule has 1 N–H and O–H groups in total. The molecule has 3 rings (SSSR count). The largest absolute Gasteiger partial charge is 0.387 e. The number of benzene rings is 2. The first-order chi connectivity index (χ1) is 10.2. The Morgan fingerprint density at radius 1 is 1.10 bits per heavy atom. The van der Waals surface area contributed by atoms with Gasteiger partial charge in [0.2, 0.25) is 0 Å². The van der Waals surface area contributed by atoms with E-state index in [1.165, 1.54) is 24.0 Å². The molecule has 2 aromatic rings. The van der Waals surface area contributed by atoms with Crippen LogP contribution in [-0.2, 0) is 0 Å². The Kier molecular flexibility index (Phi) is 4.37. The van der Waals surface area contributed by atoms with Gasteiger partial charge in [-0.3, -0.25) is 4.90 Å². The normalized spacial score (nSPS) is 20.6. The topological polar surface area (TPSA) is 23.5 Å². The molecular formula is C19H23NO. The van der Waals surface area contributed by atoms with Crippen LogP contribution in [0.15, 0.2) is 54.6 Å². The molecule has 0 bridgehead atoms. The van der Waals surface area contributed by atoms with Crippen molar-refractivity contribution in [3.05, 3.63) is 71.3 Å². The van der Waals surface area contributed by atoms with Gasteiger partial charge in [-0.15, -0.1) is 0 Å². The van der Waals surface area contributed by atoms with Crippen molar-refractivity contribution < 1.29 is 5.11 Å². The molecule has 2 atom stereocenters. The lowest BCUT2D eigenvalue weighted by molar-refractivity contribution is 0.106. The molecule has 110 valence electrons. The molecule has 0 aromatic heterocycles. The molecule has 1 heterocycles. The minimum absolute atomic E-state index is 0.407. The van der Waals surface area contributed by atoms with Crippen LogP contribution in [-0.4, -0.2) is 23.1 Å². The number of aryl methyl sites for hydroxylation is 1. The van der Waals surface area contributed by atoms with Crippen LogP contribution in [0.5, 0.6) is 0 Å². The first-order valence-corrected chi connectivity index (χ1v) is 7.77. The highest BCUT2D eigenvalue weighted by Crippen LogP contribution is 2.33. The summed E-state index contributed by atoms with van der Waals surface area (Å²) in [5, 5.41) is 10.5. The van der Waals surface area contributed by atoms with Crippen LogP contribution in [0.2, 0.25) is 0 Å². The first-order valence-electron chi connectivity index (χ1n) is 7.77. The molecular weight excluding hydrogens is 258 g/mol. The van der Waals surface area contributed by atoms with Crippen LogP contribution < -0.4 is 0 Å². The Labute approximate surface area is 127 Å². The second-order valence-corrected chi connectivity index (χ2v) is 5.99. The van der Waals surface area contributed by atoms with Gasteiger partial charge in [-0.1, -0.05) is 60.2 Å². The fourth-order valence-electron chi connectivity index (χ4n) is 3.21. The molecule has 2 heteroatoms. The van der Waals surface area contributed by atoms with Crippen LogP contribution in [0.4, 0.5) is 0 Å². The summed E-state index contributed by atoms with van der Waals surface area (Å²) >= 11 is 0. The average molecular weight is 281 g/mol. The number of nitrogens with zero attached hydrogens (tertiary/aromatic N) is 1. The maximum Gasteiger partial charge on any atom is 0.0917 e. The van der Waals surface area contributed by atoms with Gasteiger partial charge in [-0.25, -0.2) is 0 Å². The number of aliphatic hydroxyl groups is 1. The summed E-state index contributed by atoms with van der Waals surface area (Å²) in [4.78, 5) is 2.42. The zero-order chi connectivity index (χ0) is 14.7. The Hall–Kier alpha value is -1.64. The van der Waals surface area contributed by atoms with Gasteiger partial charge in [0, 0.05) is 12.6 Å². The zero-order valence-electron chi connectivity index (χ0n) is 12.6. The van der Waals surface area contributed by atoms with Crippen molar-refractivity contribution in [1.29, 1.82) is 0 Å². The summed E-state index contributed by atoms with van der Waals surface area (Å²) in [5.74, 6) is 0.